The van der Waals surface area contributed by atoms with E-state index in [9.17, 15) is 4.79 Å². The Kier molecular flexibility index (Phi) is 4.67. The highest BCUT2D eigenvalue weighted by Crippen LogP contribution is 2.28. The zero-order valence-corrected chi connectivity index (χ0v) is 13.5. The van der Waals surface area contributed by atoms with Gasteiger partial charge < -0.3 is 15.5 Å². The number of carbonyl (C=O) groups is 1. The number of carbonyl (C=O) groups excluding carboxylic acids is 1. The van der Waals surface area contributed by atoms with E-state index in [0.717, 1.165) is 43.7 Å². The first-order valence-electron chi connectivity index (χ1n) is 8.59. The van der Waals surface area contributed by atoms with Gasteiger partial charge in [-0.25, -0.2) is 0 Å². The summed E-state index contributed by atoms with van der Waals surface area (Å²) in [5.74, 6) is 0.601. The number of rotatable bonds is 4. The monoisotopic (exact) mass is 301 g/mol. The fourth-order valence-electron chi connectivity index (χ4n) is 3.80. The second kappa shape index (κ2) is 6.69. The van der Waals surface area contributed by atoms with Gasteiger partial charge in [0.1, 0.15) is 0 Å². The van der Waals surface area contributed by atoms with Crippen LogP contribution in [0.2, 0.25) is 0 Å². The van der Waals surface area contributed by atoms with Crippen LogP contribution in [0.4, 0.5) is 5.69 Å². The Balaban J connectivity index is 1.78. The number of nitrogens with zero attached hydrogens (tertiary/aromatic N) is 2. The fourth-order valence-corrected chi connectivity index (χ4v) is 3.80. The number of anilines is 1. The van der Waals surface area contributed by atoms with E-state index in [4.69, 9.17) is 5.73 Å². The third-order valence-corrected chi connectivity index (χ3v) is 5.02. The van der Waals surface area contributed by atoms with Gasteiger partial charge in [-0.2, -0.15) is 0 Å². The molecule has 120 valence electrons. The number of hydrogen-bond acceptors (Lipinski definition) is 3. The van der Waals surface area contributed by atoms with Crippen molar-refractivity contribution in [1.29, 1.82) is 0 Å². The molecule has 0 unspecified atom stereocenters. The van der Waals surface area contributed by atoms with Gasteiger partial charge in [-0.3, -0.25) is 4.79 Å². The van der Waals surface area contributed by atoms with Crippen molar-refractivity contribution in [2.24, 2.45) is 11.7 Å². The molecular formula is C18H27N3O. The average Bonchev–Trinajstić information content (AvgIpc) is 3.18. The van der Waals surface area contributed by atoms with Crippen molar-refractivity contribution in [2.75, 3.05) is 31.1 Å². The van der Waals surface area contributed by atoms with Crippen molar-refractivity contribution >= 4 is 11.6 Å². The molecule has 1 aromatic rings. The Morgan fingerprint density at radius 2 is 1.95 bits per heavy atom. The molecule has 1 aromatic carbocycles. The summed E-state index contributed by atoms with van der Waals surface area (Å²) in [5.41, 5.74) is 8.16. The normalized spacial score (nSPS) is 25.0. The topological polar surface area (TPSA) is 49.6 Å². The lowest BCUT2D eigenvalue weighted by Gasteiger charge is -2.24. The van der Waals surface area contributed by atoms with Gasteiger partial charge in [0.25, 0.3) is 5.91 Å². The lowest BCUT2D eigenvalue weighted by molar-refractivity contribution is 0.0786. The van der Waals surface area contributed by atoms with Crippen LogP contribution in [-0.2, 0) is 0 Å². The van der Waals surface area contributed by atoms with E-state index in [-0.39, 0.29) is 11.9 Å². The summed E-state index contributed by atoms with van der Waals surface area (Å²) in [6.07, 6.45) is 4.68. The molecular weight excluding hydrogens is 274 g/mol. The lowest BCUT2D eigenvalue weighted by atomic mass is 9.99. The van der Waals surface area contributed by atoms with Gasteiger partial charge in [0, 0.05) is 37.9 Å². The van der Waals surface area contributed by atoms with Crippen molar-refractivity contribution in [3.8, 4) is 0 Å². The van der Waals surface area contributed by atoms with E-state index >= 15 is 0 Å². The van der Waals surface area contributed by atoms with Crippen molar-refractivity contribution in [2.45, 2.75) is 38.6 Å². The van der Waals surface area contributed by atoms with Crippen molar-refractivity contribution in [1.82, 2.24) is 4.90 Å². The average molecular weight is 301 g/mol. The van der Waals surface area contributed by atoms with Crippen molar-refractivity contribution in [3.63, 3.8) is 0 Å². The van der Waals surface area contributed by atoms with E-state index in [1.54, 1.807) is 0 Å². The molecule has 1 amide bonds. The highest BCUT2D eigenvalue weighted by Gasteiger charge is 2.33. The van der Waals surface area contributed by atoms with Gasteiger partial charge in [-0.05, 0) is 37.3 Å². The maximum Gasteiger partial charge on any atom is 0.256 e. The quantitative estimate of drug-likeness (QED) is 0.929. The molecule has 2 atom stereocenters. The summed E-state index contributed by atoms with van der Waals surface area (Å²) in [6, 6.07) is 8.17. The van der Waals surface area contributed by atoms with Crippen LogP contribution in [0, 0.1) is 5.92 Å². The Hall–Kier alpha value is -1.55. The summed E-state index contributed by atoms with van der Waals surface area (Å²) in [6.45, 7) is 5.80. The van der Waals surface area contributed by atoms with Gasteiger partial charge in [0.15, 0.2) is 0 Å². The number of benzene rings is 1. The van der Waals surface area contributed by atoms with Gasteiger partial charge in [0.05, 0.1) is 5.56 Å². The first-order chi connectivity index (χ1) is 10.7. The van der Waals surface area contributed by atoms with Crippen molar-refractivity contribution in [3.05, 3.63) is 29.8 Å². The third-order valence-electron chi connectivity index (χ3n) is 5.02. The molecule has 2 N–H and O–H groups in total. The molecule has 0 spiro atoms. The molecule has 0 radical (unpaired) electrons. The first-order valence-corrected chi connectivity index (χ1v) is 8.59. The Bertz CT molecular complexity index is 525. The van der Waals surface area contributed by atoms with Crippen LogP contribution >= 0.6 is 0 Å². The number of hydrogen-bond donors (Lipinski definition) is 1. The second-order valence-corrected chi connectivity index (χ2v) is 6.63. The summed E-state index contributed by atoms with van der Waals surface area (Å²) in [5, 5.41) is 0. The van der Waals surface area contributed by atoms with Gasteiger partial charge in [0.2, 0.25) is 0 Å². The maximum atomic E-state index is 13.0. The zero-order valence-electron chi connectivity index (χ0n) is 13.5. The number of likely N-dealkylation sites (tertiary alicyclic amines) is 1. The minimum atomic E-state index is 0.128. The highest BCUT2D eigenvalue weighted by molar-refractivity contribution is 6.00. The van der Waals surface area contributed by atoms with E-state index in [1.165, 1.54) is 12.8 Å². The molecule has 22 heavy (non-hydrogen) atoms. The zero-order chi connectivity index (χ0) is 15.5. The number of nitrogens with two attached hydrogens (primary N) is 1. The third kappa shape index (κ3) is 2.98. The minimum absolute atomic E-state index is 0.128. The predicted octanol–water partition coefficient (Wildman–Crippen LogP) is 2.49. The summed E-state index contributed by atoms with van der Waals surface area (Å²) in [4.78, 5) is 17.3. The summed E-state index contributed by atoms with van der Waals surface area (Å²) in [7, 11) is 0. The Morgan fingerprint density at radius 3 is 2.68 bits per heavy atom. The van der Waals surface area contributed by atoms with Crippen LogP contribution in [0.5, 0.6) is 0 Å². The molecule has 2 aliphatic heterocycles. The molecule has 0 aliphatic carbocycles. The number of amides is 1. The molecule has 0 bridgehead atoms. The summed E-state index contributed by atoms with van der Waals surface area (Å²) >= 11 is 0. The second-order valence-electron chi connectivity index (χ2n) is 6.63. The predicted molar refractivity (Wildman–Crippen MR) is 90.2 cm³/mol. The first kappa shape index (κ1) is 15.3. The lowest BCUT2D eigenvalue weighted by Crippen LogP contribution is -2.33. The standard InChI is InChI=1S/C18H27N3O/c1-2-7-14-12-21(13-16(14)19)18(22)15-8-3-4-9-17(15)20-10-5-6-11-20/h3-4,8-9,14,16H,2,5-7,10-13,19H2,1H3/t14-,16-/m1/s1. The van der Waals surface area contributed by atoms with Gasteiger partial charge in [-0.1, -0.05) is 25.5 Å². The van der Waals surface area contributed by atoms with Crippen LogP contribution < -0.4 is 10.6 Å². The van der Waals surface area contributed by atoms with Crippen LogP contribution in [0.15, 0.2) is 24.3 Å². The fraction of sp³-hybridized carbons (Fsp3) is 0.611. The Labute approximate surface area is 133 Å². The van der Waals surface area contributed by atoms with E-state index < -0.39 is 0 Å². The van der Waals surface area contributed by atoms with Gasteiger partial charge in [-0.15, -0.1) is 0 Å². The molecule has 3 rings (SSSR count). The molecule has 2 saturated heterocycles. The summed E-state index contributed by atoms with van der Waals surface area (Å²) < 4.78 is 0. The molecule has 2 heterocycles. The molecule has 2 aliphatic rings. The van der Waals surface area contributed by atoms with Crippen LogP contribution in [0.1, 0.15) is 43.0 Å². The SMILES string of the molecule is CCC[C@@H]1CN(C(=O)c2ccccc2N2CCCC2)C[C@H]1N. The smallest absolute Gasteiger partial charge is 0.256 e. The molecule has 0 aromatic heterocycles. The molecule has 4 heteroatoms. The highest BCUT2D eigenvalue weighted by atomic mass is 16.2. The van der Waals surface area contributed by atoms with Gasteiger partial charge >= 0.3 is 0 Å². The maximum absolute atomic E-state index is 13.0. The minimum Gasteiger partial charge on any atom is -0.371 e. The number of para-hydroxylation sites is 1. The largest absolute Gasteiger partial charge is 0.371 e. The molecule has 2 fully saturated rings. The van der Waals surface area contributed by atoms with Crippen LogP contribution in [-0.4, -0.2) is 43.0 Å². The van der Waals surface area contributed by atoms with E-state index in [2.05, 4.69) is 17.9 Å². The van der Waals surface area contributed by atoms with Crippen molar-refractivity contribution < 1.29 is 4.79 Å². The molecule has 0 saturated carbocycles. The van der Waals surface area contributed by atoms with E-state index in [1.807, 2.05) is 23.1 Å². The Morgan fingerprint density at radius 1 is 1.23 bits per heavy atom. The van der Waals surface area contributed by atoms with Crippen LogP contribution in [0.25, 0.3) is 0 Å². The molecule has 4 nitrogen and oxygen atoms in total. The van der Waals surface area contributed by atoms with Crippen LogP contribution in [0.3, 0.4) is 0 Å². The van der Waals surface area contributed by atoms with E-state index in [0.29, 0.717) is 12.5 Å².